The highest BCUT2D eigenvalue weighted by atomic mass is 19.1. The molecule has 0 bridgehead atoms. The van der Waals surface area contributed by atoms with E-state index in [4.69, 9.17) is 0 Å². The average Bonchev–Trinajstić information content (AvgIpc) is 2.64. The van der Waals surface area contributed by atoms with Gasteiger partial charge in [-0.1, -0.05) is 50.2 Å². The number of amides is 1. The predicted molar refractivity (Wildman–Crippen MR) is 102 cm³/mol. The number of anilines is 1. The molecule has 2 aromatic carbocycles. The lowest BCUT2D eigenvalue weighted by molar-refractivity contribution is 0.102. The molecule has 1 heterocycles. The molecular formula is C21H20FN3O2. The number of carbonyl (C=O) groups excluding carboxylic acids is 1. The molecule has 0 unspecified atom stereocenters. The third-order valence-corrected chi connectivity index (χ3v) is 4.21. The number of aromatic nitrogens is 2. The number of carbonyl (C=O) groups is 1. The van der Waals surface area contributed by atoms with Crippen LogP contribution in [-0.4, -0.2) is 15.7 Å². The number of benzene rings is 2. The zero-order valence-corrected chi connectivity index (χ0v) is 15.1. The summed E-state index contributed by atoms with van der Waals surface area (Å²) in [4.78, 5) is 25.1. The first kappa shape index (κ1) is 18.5. The van der Waals surface area contributed by atoms with Crippen molar-refractivity contribution in [2.75, 3.05) is 5.32 Å². The van der Waals surface area contributed by atoms with Gasteiger partial charge in [0.2, 0.25) is 0 Å². The first-order valence-electron chi connectivity index (χ1n) is 8.66. The Labute approximate surface area is 156 Å². The second-order valence-corrected chi connectivity index (χ2v) is 6.54. The monoisotopic (exact) mass is 365 g/mol. The summed E-state index contributed by atoms with van der Waals surface area (Å²) in [5, 5.41) is 6.61. The van der Waals surface area contributed by atoms with Crippen molar-refractivity contribution in [1.82, 2.24) is 9.78 Å². The maximum absolute atomic E-state index is 14.1. The highest BCUT2D eigenvalue weighted by Crippen LogP contribution is 2.21. The van der Waals surface area contributed by atoms with Crippen molar-refractivity contribution < 1.29 is 9.18 Å². The number of nitrogens with one attached hydrogen (secondary N) is 1. The van der Waals surface area contributed by atoms with Crippen LogP contribution in [0.3, 0.4) is 0 Å². The lowest BCUT2D eigenvalue weighted by Gasteiger charge is -2.11. The molecule has 6 heteroatoms. The maximum atomic E-state index is 14.1. The fourth-order valence-corrected chi connectivity index (χ4v) is 2.76. The minimum absolute atomic E-state index is 0.0418. The average molecular weight is 365 g/mol. The van der Waals surface area contributed by atoms with E-state index >= 15 is 0 Å². The Bertz CT molecular complexity index is 1010. The molecule has 3 aromatic rings. The van der Waals surface area contributed by atoms with Crippen molar-refractivity contribution in [2.45, 2.75) is 26.3 Å². The van der Waals surface area contributed by atoms with Gasteiger partial charge in [0.05, 0.1) is 6.54 Å². The van der Waals surface area contributed by atoms with Gasteiger partial charge in [0.15, 0.2) is 0 Å². The minimum atomic E-state index is -0.596. The maximum Gasteiger partial charge on any atom is 0.279 e. The highest BCUT2D eigenvalue weighted by Gasteiger charge is 2.15. The zero-order valence-electron chi connectivity index (χ0n) is 15.1. The zero-order chi connectivity index (χ0) is 19.4. The van der Waals surface area contributed by atoms with Crippen molar-refractivity contribution in [3.05, 3.63) is 93.7 Å². The van der Waals surface area contributed by atoms with E-state index in [2.05, 4.69) is 10.4 Å². The molecule has 0 saturated carbocycles. The van der Waals surface area contributed by atoms with Gasteiger partial charge in [-0.3, -0.25) is 9.59 Å². The van der Waals surface area contributed by atoms with Crippen LogP contribution < -0.4 is 10.9 Å². The van der Waals surface area contributed by atoms with Crippen LogP contribution >= 0.6 is 0 Å². The lowest BCUT2D eigenvalue weighted by Crippen LogP contribution is -2.31. The van der Waals surface area contributed by atoms with Gasteiger partial charge in [0, 0.05) is 11.9 Å². The molecule has 1 amide bonds. The largest absolute Gasteiger partial charge is 0.322 e. The van der Waals surface area contributed by atoms with Crippen LogP contribution in [0.15, 0.2) is 65.6 Å². The molecule has 138 valence electrons. The predicted octanol–water partition coefficient (Wildman–Crippen LogP) is 3.81. The fourth-order valence-electron chi connectivity index (χ4n) is 2.76. The van der Waals surface area contributed by atoms with Crippen molar-refractivity contribution in [1.29, 1.82) is 0 Å². The molecule has 5 nitrogen and oxygen atoms in total. The van der Waals surface area contributed by atoms with Gasteiger partial charge in [-0.25, -0.2) is 9.07 Å². The summed E-state index contributed by atoms with van der Waals surface area (Å²) in [6, 6.07) is 15.2. The SMILES string of the molecule is CC(C)c1ccc(NC(=O)c2ccnn(Cc3ccccc3)c2=O)cc1F. The summed E-state index contributed by atoms with van der Waals surface area (Å²) in [5.41, 5.74) is 1.22. The summed E-state index contributed by atoms with van der Waals surface area (Å²) in [7, 11) is 0. The molecule has 0 aliphatic carbocycles. The van der Waals surface area contributed by atoms with E-state index in [1.165, 1.54) is 23.0 Å². The van der Waals surface area contributed by atoms with Crippen LogP contribution in [0, 0.1) is 5.82 Å². The van der Waals surface area contributed by atoms with E-state index in [0.29, 0.717) is 11.3 Å². The normalized spacial score (nSPS) is 10.8. The summed E-state index contributed by atoms with van der Waals surface area (Å²) in [5.74, 6) is -0.944. The van der Waals surface area contributed by atoms with Gasteiger partial charge in [0.25, 0.3) is 11.5 Å². The first-order valence-corrected chi connectivity index (χ1v) is 8.66. The molecule has 0 radical (unpaired) electrons. The second-order valence-electron chi connectivity index (χ2n) is 6.54. The molecule has 27 heavy (non-hydrogen) atoms. The first-order chi connectivity index (χ1) is 13.0. The Morgan fingerprint density at radius 3 is 2.56 bits per heavy atom. The van der Waals surface area contributed by atoms with E-state index in [9.17, 15) is 14.0 Å². The summed E-state index contributed by atoms with van der Waals surface area (Å²) < 4.78 is 15.3. The van der Waals surface area contributed by atoms with Crippen LogP contribution in [0.5, 0.6) is 0 Å². The molecule has 0 aliphatic rings. The Balaban J connectivity index is 1.82. The molecular weight excluding hydrogens is 345 g/mol. The van der Waals surface area contributed by atoms with Gasteiger partial charge in [-0.15, -0.1) is 0 Å². The Morgan fingerprint density at radius 2 is 1.89 bits per heavy atom. The number of hydrogen-bond acceptors (Lipinski definition) is 3. The molecule has 0 atom stereocenters. The van der Waals surface area contributed by atoms with Gasteiger partial charge in [-0.05, 0) is 35.2 Å². The van der Waals surface area contributed by atoms with E-state index in [0.717, 1.165) is 5.56 Å². The smallest absolute Gasteiger partial charge is 0.279 e. The van der Waals surface area contributed by atoms with E-state index < -0.39 is 11.5 Å². The Morgan fingerprint density at radius 1 is 1.15 bits per heavy atom. The van der Waals surface area contributed by atoms with E-state index in [-0.39, 0.29) is 23.8 Å². The van der Waals surface area contributed by atoms with Crippen molar-refractivity contribution in [3.63, 3.8) is 0 Å². The fraction of sp³-hybridized carbons (Fsp3) is 0.190. The number of rotatable bonds is 5. The number of hydrogen-bond donors (Lipinski definition) is 1. The molecule has 0 saturated heterocycles. The summed E-state index contributed by atoms with van der Waals surface area (Å²) in [6.45, 7) is 4.05. The molecule has 0 fully saturated rings. The van der Waals surface area contributed by atoms with Gasteiger partial charge >= 0.3 is 0 Å². The minimum Gasteiger partial charge on any atom is -0.322 e. The Hall–Kier alpha value is -3.28. The van der Waals surface area contributed by atoms with Crippen molar-refractivity contribution in [3.8, 4) is 0 Å². The van der Waals surface area contributed by atoms with Crippen LogP contribution in [0.25, 0.3) is 0 Å². The summed E-state index contributed by atoms with van der Waals surface area (Å²) in [6.07, 6.45) is 1.40. The van der Waals surface area contributed by atoms with Gasteiger partial charge in [0.1, 0.15) is 11.4 Å². The van der Waals surface area contributed by atoms with E-state index in [1.54, 1.807) is 12.1 Å². The van der Waals surface area contributed by atoms with Crippen LogP contribution in [0.4, 0.5) is 10.1 Å². The molecule has 0 aliphatic heterocycles. The van der Waals surface area contributed by atoms with Crippen molar-refractivity contribution in [2.24, 2.45) is 0 Å². The quantitative estimate of drug-likeness (QED) is 0.748. The molecule has 3 rings (SSSR count). The van der Waals surface area contributed by atoms with Gasteiger partial charge < -0.3 is 5.32 Å². The van der Waals surface area contributed by atoms with Crippen LogP contribution in [0.2, 0.25) is 0 Å². The summed E-state index contributed by atoms with van der Waals surface area (Å²) >= 11 is 0. The Kier molecular flexibility index (Phi) is 5.45. The lowest BCUT2D eigenvalue weighted by atomic mass is 10.0. The number of halogens is 1. The topological polar surface area (TPSA) is 64.0 Å². The molecule has 0 spiro atoms. The van der Waals surface area contributed by atoms with Crippen molar-refractivity contribution >= 4 is 11.6 Å². The van der Waals surface area contributed by atoms with Gasteiger partial charge in [-0.2, -0.15) is 5.10 Å². The van der Waals surface area contributed by atoms with Crippen LogP contribution in [-0.2, 0) is 6.54 Å². The number of nitrogens with zero attached hydrogens (tertiary/aromatic N) is 2. The highest BCUT2D eigenvalue weighted by molar-refractivity contribution is 6.03. The standard InChI is InChI=1S/C21H20FN3O2/c1-14(2)17-9-8-16(12-19(17)22)24-20(26)18-10-11-23-25(21(18)27)13-15-6-4-3-5-7-15/h3-12,14H,13H2,1-2H3,(H,24,26). The second kappa shape index (κ2) is 7.95. The third kappa shape index (κ3) is 4.28. The van der Waals surface area contributed by atoms with E-state index in [1.807, 2.05) is 44.2 Å². The third-order valence-electron chi connectivity index (χ3n) is 4.21. The van der Waals surface area contributed by atoms with Crippen LogP contribution in [0.1, 0.15) is 41.3 Å². The molecule has 1 N–H and O–H groups in total. The molecule has 1 aromatic heterocycles.